The second kappa shape index (κ2) is 6.42. The van der Waals surface area contributed by atoms with Crippen LogP contribution in [0.25, 0.3) is 0 Å². The van der Waals surface area contributed by atoms with Crippen LogP contribution in [0.3, 0.4) is 0 Å². The average Bonchev–Trinajstić information content (AvgIpc) is 2.16. The van der Waals surface area contributed by atoms with Crippen molar-refractivity contribution in [1.82, 2.24) is 5.32 Å². The van der Waals surface area contributed by atoms with E-state index in [1.54, 1.807) is 0 Å². The van der Waals surface area contributed by atoms with Gasteiger partial charge in [-0.05, 0) is 44.2 Å². The van der Waals surface area contributed by atoms with E-state index >= 15 is 0 Å². The number of rotatable bonds is 5. The van der Waals surface area contributed by atoms with Crippen LogP contribution in [0.4, 0.5) is 0 Å². The Hall–Kier alpha value is -0.0400. The Balaban J connectivity index is 2.07. The minimum atomic E-state index is 0.961. The van der Waals surface area contributed by atoms with Crippen molar-refractivity contribution in [2.45, 2.75) is 52.4 Å². The zero-order valence-corrected chi connectivity index (χ0v) is 9.31. The number of unbranched alkanes of at least 4 members (excludes halogenated alkanes) is 1. The van der Waals surface area contributed by atoms with E-state index in [2.05, 4.69) is 19.2 Å². The molecular formula is C12H25N. The molecule has 1 nitrogen and oxygen atoms in total. The fourth-order valence-electron chi connectivity index (χ4n) is 2.36. The summed E-state index contributed by atoms with van der Waals surface area (Å²) in [5, 5.41) is 3.43. The summed E-state index contributed by atoms with van der Waals surface area (Å²) < 4.78 is 0. The molecular weight excluding hydrogens is 158 g/mol. The van der Waals surface area contributed by atoms with Gasteiger partial charge in [-0.25, -0.2) is 0 Å². The minimum Gasteiger partial charge on any atom is -0.317 e. The number of piperidine rings is 1. The van der Waals surface area contributed by atoms with Gasteiger partial charge in [0.2, 0.25) is 0 Å². The SMILES string of the molecule is CCCCC(C)CC1CCNCC1. The molecule has 1 aliphatic heterocycles. The third-order valence-corrected chi connectivity index (χ3v) is 3.24. The van der Waals surface area contributed by atoms with Gasteiger partial charge in [-0.15, -0.1) is 0 Å². The molecule has 1 fully saturated rings. The molecule has 0 spiro atoms. The second-order valence-corrected chi connectivity index (χ2v) is 4.68. The molecule has 0 aromatic heterocycles. The lowest BCUT2D eigenvalue weighted by molar-refractivity contribution is 0.297. The van der Waals surface area contributed by atoms with Crippen LogP contribution >= 0.6 is 0 Å². The molecule has 0 aromatic carbocycles. The Labute approximate surface area is 83.3 Å². The Morgan fingerprint density at radius 2 is 2.00 bits per heavy atom. The lowest BCUT2D eigenvalue weighted by Gasteiger charge is -2.25. The first kappa shape index (κ1) is 11.0. The first-order valence-corrected chi connectivity index (χ1v) is 6.03. The minimum absolute atomic E-state index is 0.961. The van der Waals surface area contributed by atoms with Gasteiger partial charge in [0.25, 0.3) is 0 Å². The van der Waals surface area contributed by atoms with Gasteiger partial charge >= 0.3 is 0 Å². The summed E-state index contributed by atoms with van der Waals surface area (Å²) in [5.74, 6) is 1.98. The molecule has 1 N–H and O–H groups in total. The van der Waals surface area contributed by atoms with Crippen molar-refractivity contribution in [3.8, 4) is 0 Å². The van der Waals surface area contributed by atoms with Crippen LogP contribution in [0.1, 0.15) is 52.4 Å². The molecule has 1 saturated heterocycles. The molecule has 1 heteroatoms. The molecule has 0 aliphatic carbocycles. The summed E-state index contributed by atoms with van der Waals surface area (Å²) in [7, 11) is 0. The average molecular weight is 183 g/mol. The highest BCUT2D eigenvalue weighted by molar-refractivity contribution is 4.70. The maximum Gasteiger partial charge on any atom is -0.00463 e. The van der Waals surface area contributed by atoms with Gasteiger partial charge in [-0.3, -0.25) is 0 Å². The zero-order valence-electron chi connectivity index (χ0n) is 9.31. The standard InChI is InChI=1S/C12H25N/c1-3-4-5-11(2)10-12-6-8-13-9-7-12/h11-13H,3-10H2,1-2H3. The summed E-state index contributed by atoms with van der Waals surface area (Å²) in [4.78, 5) is 0. The second-order valence-electron chi connectivity index (χ2n) is 4.68. The third-order valence-electron chi connectivity index (χ3n) is 3.24. The summed E-state index contributed by atoms with van der Waals surface area (Å²) in [6.07, 6.45) is 8.53. The van der Waals surface area contributed by atoms with Crippen molar-refractivity contribution in [2.24, 2.45) is 11.8 Å². The van der Waals surface area contributed by atoms with Crippen LogP contribution in [0, 0.1) is 11.8 Å². The van der Waals surface area contributed by atoms with Crippen molar-refractivity contribution >= 4 is 0 Å². The van der Waals surface area contributed by atoms with Crippen LogP contribution < -0.4 is 5.32 Å². The van der Waals surface area contributed by atoms with Crippen molar-refractivity contribution in [3.63, 3.8) is 0 Å². The van der Waals surface area contributed by atoms with E-state index in [9.17, 15) is 0 Å². The van der Waals surface area contributed by atoms with Gasteiger partial charge in [-0.2, -0.15) is 0 Å². The highest BCUT2D eigenvalue weighted by Gasteiger charge is 2.15. The fourth-order valence-corrected chi connectivity index (χ4v) is 2.36. The fraction of sp³-hybridized carbons (Fsp3) is 1.00. The molecule has 1 aliphatic rings. The van der Waals surface area contributed by atoms with Crippen LogP contribution in [0.2, 0.25) is 0 Å². The summed E-state index contributed by atoms with van der Waals surface area (Å²) in [6.45, 7) is 7.23. The van der Waals surface area contributed by atoms with Crippen LogP contribution in [0.5, 0.6) is 0 Å². The van der Waals surface area contributed by atoms with E-state index in [4.69, 9.17) is 0 Å². The first-order chi connectivity index (χ1) is 6.33. The van der Waals surface area contributed by atoms with Crippen molar-refractivity contribution in [1.29, 1.82) is 0 Å². The Morgan fingerprint density at radius 1 is 1.31 bits per heavy atom. The van der Waals surface area contributed by atoms with Gasteiger partial charge < -0.3 is 5.32 Å². The van der Waals surface area contributed by atoms with E-state index in [0.29, 0.717) is 0 Å². The zero-order chi connectivity index (χ0) is 9.52. The van der Waals surface area contributed by atoms with E-state index < -0.39 is 0 Å². The summed E-state index contributed by atoms with van der Waals surface area (Å²) in [6, 6.07) is 0. The van der Waals surface area contributed by atoms with Crippen molar-refractivity contribution < 1.29 is 0 Å². The van der Waals surface area contributed by atoms with Crippen LogP contribution in [-0.2, 0) is 0 Å². The summed E-state index contributed by atoms with van der Waals surface area (Å²) in [5.41, 5.74) is 0. The van der Waals surface area contributed by atoms with Gasteiger partial charge in [-0.1, -0.05) is 33.1 Å². The lowest BCUT2D eigenvalue weighted by Crippen LogP contribution is -2.28. The molecule has 1 unspecified atom stereocenters. The largest absolute Gasteiger partial charge is 0.317 e. The number of hydrogen-bond acceptors (Lipinski definition) is 1. The van der Waals surface area contributed by atoms with Gasteiger partial charge in [0.15, 0.2) is 0 Å². The molecule has 78 valence electrons. The van der Waals surface area contributed by atoms with Gasteiger partial charge in [0, 0.05) is 0 Å². The number of hydrogen-bond donors (Lipinski definition) is 1. The predicted molar refractivity (Wildman–Crippen MR) is 58.9 cm³/mol. The maximum atomic E-state index is 3.43. The Kier molecular flexibility index (Phi) is 5.45. The van der Waals surface area contributed by atoms with E-state index in [0.717, 1.165) is 11.8 Å². The molecule has 0 bridgehead atoms. The van der Waals surface area contributed by atoms with Crippen molar-refractivity contribution in [3.05, 3.63) is 0 Å². The van der Waals surface area contributed by atoms with E-state index in [1.165, 1.54) is 51.6 Å². The van der Waals surface area contributed by atoms with Gasteiger partial charge in [0.1, 0.15) is 0 Å². The van der Waals surface area contributed by atoms with Crippen LogP contribution in [-0.4, -0.2) is 13.1 Å². The predicted octanol–water partition coefficient (Wildman–Crippen LogP) is 3.20. The molecule has 13 heavy (non-hydrogen) atoms. The van der Waals surface area contributed by atoms with E-state index in [1.807, 2.05) is 0 Å². The van der Waals surface area contributed by atoms with E-state index in [-0.39, 0.29) is 0 Å². The monoisotopic (exact) mass is 183 g/mol. The van der Waals surface area contributed by atoms with Crippen molar-refractivity contribution in [2.75, 3.05) is 13.1 Å². The molecule has 1 heterocycles. The van der Waals surface area contributed by atoms with Crippen LogP contribution in [0.15, 0.2) is 0 Å². The smallest absolute Gasteiger partial charge is 0.00463 e. The molecule has 0 aromatic rings. The molecule has 0 amide bonds. The highest BCUT2D eigenvalue weighted by atomic mass is 14.9. The Morgan fingerprint density at radius 3 is 2.62 bits per heavy atom. The Bertz CT molecular complexity index is 116. The molecule has 0 saturated carbocycles. The topological polar surface area (TPSA) is 12.0 Å². The number of nitrogens with one attached hydrogen (secondary N) is 1. The molecule has 0 radical (unpaired) electrons. The third kappa shape index (κ3) is 4.66. The molecule has 1 atom stereocenters. The first-order valence-electron chi connectivity index (χ1n) is 6.03. The summed E-state index contributed by atoms with van der Waals surface area (Å²) >= 11 is 0. The lowest BCUT2D eigenvalue weighted by atomic mass is 9.86. The molecule has 1 rings (SSSR count). The quantitative estimate of drug-likeness (QED) is 0.690. The normalized spacial score (nSPS) is 21.7. The highest BCUT2D eigenvalue weighted by Crippen LogP contribution is 2.23. The van der Waals surface area contributed by atoms with Gasteiger partial charge in [0.05, 0.1) is 0 Å². The maximum absolute atomic E-state index is 3.43.